The number of thioether (sulfide) groups is 1. The number of anilines is 1. The zero-order valence-electron chi connectivity index (χ0n) is 15.3. The van der Waals surface area contributed by atoms with E-state index in [-0.39, 0.29) is 0 Å². The van der Waals surface area contributed by atoms with E-state index in [1.165, 1.54) is 10.5 Å². The number of para-hydroxylation sites is 1. The van der Waals surface area contributed by atoms with E-state index in [1.807, 2.05) is 70.0 Å². The molecule has 0 unspecified atom stereocenters. The maximum Gasteiger partial charge on any atom is 0.104 e. The van der Waals surface area contributed by atoms with Crippen LogP contribution in [0.1, 0.15) is 33.3 Å². The Bertz CT molecular complexity index is 553. The monoisotopic (exact) mass is 330 g/mol. The average molecular weight is 331 g/mol. The Morgan fingerprint density at radius 2 is 1.57 bits per heavy atom. The van der Waals surface area contributed by atoms with E-state index in [0.717, 1.165) is 5.69 Å². The molecule has 0 bridgehead atoms. The second-order valence-corrected chi connectivity index (χ2v) is 5.25. The molecule has 0 radical (unpaired) electrons. The van der Waals surface area contributed by atoms with Crippen molar-refractivity contribution in [3.8, 4) is 0 Å². The fourth-order valence-electron chi connectivity index (χ4n) is 1.90. The summed E-state index contributed by atoms with van der Waals surface area (Å²) >= 11 is 1.73. The van der Waals surface area contributed by atoms with Crippen LogP contribution in [0.4, 0.5) is 5.69 Å². The highest BCUT2D eigenvalue weighted by Gasteiger charge is 2.07. The molecule has 0 aliphatic heterocycles. The summed E-state index contributed by atoms with van der Waals surface area (Å²) in [6.07, 6.45) is 2.72. The molecule has 2 aromatic rings. The first-order chi connectivity index (χ1) is 11.2. The standard InChI is InChI=1S/C16H18N2S.2C2H6/c1-18(14-8-4-3-5-9-14)16(17)12-13-7-6-10-15(11-13)19-2;2*1-2/h3-11,17H,12H2,1-2H3;2*1-2H3. The third kappa shape index (κ3) is 7.38. The lowest BCUT2D eigenvalue weighted by Crippen LogP contribution is -2.27. The van der Waals surface area contributed by atoms with Gasteiger partial charge in [0.2, 0.25) is 0 Å². The highest BCUT2D eigenvalue weighted by Crippen LogP contribution is 2.18. The summed E-state index contributed by atoms with van der Waals surface area (Å²) in [6, 6.07) is 18.4. The lowest BCUT2D eigenvalue weighted by Gasteiger charge is -2.20. The summed E-state index contributed by atoms with van der Waals surface area (Å²) in [5, 5.41) is 8.22. The number of amidine groups is 1. The second kappa shape index (κ2) is 12.8. The Kier molecular flexibility index (Phi) is 11.8. The SMILES string of the molecule is CC.CC.CSc1cccc(CC(=N)N(C)c2ccccc2)c1. The first-order valence-electron chi connectivity index (χ1n) is 8.20. The van der Waals surface area contributed by atoms with Crippen molar-refractivity contribution in [1.29, 1.82) is 5.41 Å². The number of rotatable bonds is 4. The van der Waals surface area contributed by atoms with Crippen molar-refractivity contribution in [1.82, 2.24) is 0 Å². The number of hydrogen-bond acceptors (Lipinski definition) is 2. The van der Waals surface area contributed by atoms with Gasteiger partial charge in [0, 0.05) is 24.1 Å². The van der Waals surface area contributed by atoms with Crippen molar-refractivity contribution in [2.24, 2.45) is 0 Å². The Hall–Kier alpha value is -1.74. The van der Waals surface area contributed by atoms with E-state index in [2.05, 4.69) is 30.5 Å². The molecule has 2 aromatic carbocycles. The minimum absolute atomic E-state index is 0.601. The molecular formula is C20H30N2S. The molecule has 0 amide bonds. The molecule has 0 atom stereocenters. The van der Waals surface area contributed by atoms with Gasteiger partial charge in [-0.25, -0.2) is 0 Å². The van der Waals surface area contributed by atoms with Crippen molar-refractivity contribution >= 4 is 23.3 Å². The minimum atomic E-state index is 0.601. The number of nitrogens with zero attached hydrogens (tertiary/aromatic N) is 1. The highest BCUT2D eigenvalue weighted by atomic mass is 32.2. The van der Waals surface area contributed by atoms with Crippen LogP contribution in [0, 0.1) is 5.41 Å². The Morgan fingerprint density at radius 3 is 2.13 bits per heavy atom. The van der Waals surface area contributed by atoms with Gasteiger partial charge in [0.1, 0.15) is 5.84 Å². The molecule has 0 spiro atoms. The fraction of sp³-hybridized carbons (Fsp3) is 0.350. The van der Waals surface area contributed by atoms with Gasteiger partial charge in [0.15, 0.2) is 0 Å². The summed E-state index contributed by atoms with van der Waals surface area (Å²) in [5.74, 6) is 0.601. The molecule has 0 saturated carbocycles. The molecule has 0 aliphatic carbocycles. The van der Waals surface area contributed by atoms with E-state index in [0.29, 0.717) is 12.3 Å². The van der Waals surface area contributed by atoms with Crippen LogP contribution < -0.4 is 4.90 Å². The molecule has 0 aliphatic rings. The lowest BCUT2D eigenvalue weighted by molar-refractivity contribution is 1.14. The average Bonchev–Trinajstić information content (AvgIpc) is 2.65. The first kappa shape index (κ1) is 21.3. The molecule has 0 heterocycles. The van der Waals surface area contributed by atoms with Crippen LogP contribution in [0.2, 0.25) is 0 Å². The zero-order chi connectivity index (χ0) is 17.7. The van der Waals surface area contributed by atoms with E-state index in [1.54, 1.807) is 11.8 Å². The third-order valence-electron chi connectivity index (χ3n) is 3.05. The first-order valence-corrected chi connectivity index (χ1v) is 9.42. The van der Waals surface area contributed by atoms with E-state index in [9.17, 15) is 0 Å². The van der Waals surface area contributed by atoms with Gasteiger partial charge in [-0.3, -0.25) is 5.41 Å². The van der Waals surface area contributed by atoms with Crippen LogP contribution in [0.25, 0.3) is 0 Å². The molecule has 3 heteroatoms. The van der Waals surface area contributed by atoms with Crippen LogP contribution in [0.5, 0.6) is 0 Å². The normalized spacial score (nSPS) is 8.96. The smallest absolute Gasteiger partial charge is 0.104 e. The maximum atomic E-state index is 8.22. The summed E-state index contributed by atoms with van der Waals surface area (Å²) in [6.45, 7) is 8.00. The molecule has 23 heavy (non-hydrogen) atoms. The van der Waals surface area contributed by atoms with Crippen LogP contribution in [0.15, 0.2) is 59.5 Å². The van der Waals surface area contributed by atoms with Crippen molar-refractivity contribution in [2.75, 3.05) is 18.2 Å². The van der Waals surface area contributed by atoms with Gasteiger partial charge in [-0.1, -0.05) is 58.0 Å². The number of benzene rings is 2. The van der Waals surface area contributed by atoms with Crippen molar-refractivity contribution in [2.45, 2.75) is 39.0 Å². The predicted molar refractivity (Wildman–Crippen MR) is 107 cm³/mol. The Labute approximate surface area is 146 Å². The zero-order valence-corrected chi connectivity index (χ0v) is 16.1. The van der Waals surface area contributed by atoms with Crippen LogP contribution >= 0.6 is 11.8 Å². The third-order valence-corrected chi connectivity index (χ3v) is 3.78. The molecular weight excluding hydrogens is 300 g/mol. The van der Waals surface area contributed by atoms with Crippen molar-refractivity contribution in [3.05, 3.63) is 60.2 Å². The summed E-state index contributed by atoms with van der Waals surface area (Å²) in [4.78, 5) is 3.17. The van der Waals surface area contributed by atoms with E-state index in [4.69, 9.17) is 5.41 Å². The number of hydrogen-bond donors (Lipinski definition) is 1. The van der Waals surface area contributed by atoms with Crippen LogP contribution in [-0.4, -0.2) is 19.1 Å². The Balaban J connectivity index is 0.00000112. The van der Waals surface area contributed by atoms with Crippen LogP contribution in [-0.2, 0) is 6.42 Å². The van der Waals surface area contributed by atoms with E-state index < -0.39 is 0 Å². The number of nitrogens with one attached hydrogen (secondary N) is 1. The summed E-state index contributed by atoms with van der Waals surface area (Å²) < 4.78 is 0. The van der Waals surface area contributed by atoms with Gasteiger partial charge in [-0.15, -0.1) is 11.8 Å². The maximum absolute atomic E-state index is 8.22. The fourth-order valence-corrected chi connectivity index (χ4v) is 2.39. The summed E-state index contributed by atoms with van der Waals surface area (Å²) in [5.41, 5.74) is 2.23. The lowest BCUT2D eigenvalue weighted by atomic mass is 10.1. The molecule has 126 valence electrons. The van der Waals surface area contributed by atoms with Gasteiger partial charge >= 0.3 is 0 Å². The van der Waals surface area contributed by atoms with E-state index >= 15 is 0 Å². The van der Waals surface area contributed by atoms with Gasteiger partial charge in [0.05, 0.1) is 0 Å². The second-order valence-electron chi connectivity index (χ2n) is 4.37. The van der Waals surface area contributed by atoms with Crippen molar-refractivity contribution in [3.63, 3.8) is 0 Å². The summed E-state index contributed by atoms with van der Waals surface area (Å²) in [7, 11) is 1.94. The molecule has 2 rings (SSSR count). The molecule has 0 aromatic heterocycles. The predicted octanol–water partition coefficient (Wildman–Crippen LogP) is 6.12. The largest absolute Gasteiger partial charge is 0.333 e. The van der Waals surface area contributed by atoms with Crippen molar-refractivity contribution < 1.29 is 0 Å². The van der Waals surface area contributed by atoms with Gasteiger partial charge in [-0.2, -0.15) is 0 Å². The molecule has 0 saturated heterocycles. The quantitative estimate of drug-likeness (QED) is 0.415. The number of likely N-dealkylation sites (N-methyl/N-ethyl adjacent to an activating group) is 1. The topological polar surface area (TPSA) is 27.1 Å². The van der Waals surface area contributed by atoms with Gasteiger partial charge in [0.25, 0.3) is 0 Å². The molecule has 2 nitrogen and oxygen atoms in total. The minimum Gasteiger partial charge on any atom is -0.333 e. The Morgan fingerprint density at radius 1 is 0.957 bits per heavy atom. The van der Waals surface area contributed by atoms with Gasteiger partial charge < -0.3 is 4.90 Å². The molecule has 1 N–H and O–H groups in total. The van der Waals surface area contributed by atoms with Gasteiger partial charge in [-0.05, 0) is 36.1 Å². The van der Waals surface area contributed by atoms with Crippen LogP contribution in [0.3, 0.4) is 0 Å². The highest BCUT2D eigenvalue weighted by molar-refractivity contribution is 7.98. The molecule has 0 fully saturated rings.